The Morgan fingerprint density at radius 3 is 2.65 bits per heavy atom. The lowest BCUT2D eigenvalue weighted by Crippen LogP contribution is -2.29. The zero-order chi connectivity index (χ0) is 14.9. The first-order valence-electron chi connectivity index (χ1n) is 7.00. The summed E-state index contributed by atoms with van der Waals surface area (Å²) in [5.74, 6) is 0.162. The summed E-state index contributed by atoms with van der Waals surface area (Å²) in [6, 6.07) is 3.92. The van der Waals surface area contributed by atoms with Gasteiger partial charge in [-0.1, -0.05) is 13.8 Å². The van der Waals surface area contributed by atoms with E-state index in [2.05, 4.69) is 34.7 Å². The van der Waals surface area contributed by atoms with Crippen molar-refractivity contribution in [2.45, 2.75) is 39.2 Å². The van der Waals surface area contributed by atoms with Crippen molar-refractivity contribution in [3.63, 3.8) is 0 Å². The van der Waals surface area contributed by atoms with E-state index in [1.54, 1.807) is 12.1 Å². The predicted octanol–water partition coefficient (Wildman–Crippen LogP) is 3.89. The molecule has 3 nitrogen and oxygen atoms in total. The van der Waals surface area contributed by atoms with Gasteiger partial charge in [-0.15, -0.1) is 0 Å². The number of hydrogen-bond acceptors (Lipinski definition) is 2. The largest absolute Gasteiger partial charge is 0.384 e. The maximum atomic E-state index is 14.5. The number of rotatable bonds is 6. The molecule has 5 heteroatoms. The summed E-state index contributed by atoms with van der Waals surface area (Å²) in [6.07, 6.45) is 3.30. The molecule has 110 valence electrons. The van der Waals surface area contributed by atoms with Crippen molar-refractivity contribution in [3.8, 4) is 0 Å². The zero-order valence-electron chi connectivity index (χ0n) is 11.9. The predicted molar refractivity (Wildman–Crippen MR) is 84.9 cm³/mol. The number of hydrogen-bond donors (Lipinski definition) is 2. The van der Waals surface area contributed by atoms with E-state index in [0.717, 1.165) is 25.8 Å². The maximum Gasteiger partial charge on any atom is 0.161 e. The lowest BCUT2D eigenvalue weighted by Gasteiger charge is -2.26. The fourth-order valence-corrected chi connectivity index (χ4v) is 2.80. The first-order valence-corrected chi connectivity index (χ1v) is 7.80. The second kappa shape index (κ2) is 6.12. The van der Waals surface area contributed by atoms with Gasteiger partial charge in [-0.3, -0.25) is 5.41 Å². The second-order valence-electron chi connectivity index (χ2n) is 5.78. The molecule has 1 aliphatic carbocycles. The number of nitrogens with zero attached hydrogens (tertiary/aromatic N) is 1. The number of halogens is 2. The molecule has 1 aliphatic rings. The van der Waals surface area contributed by atoms with E-state index in [4.69, 9.17) is 11.1 Å². The topological polar surface area (TPSA) is 53.1 Å². The molecule has 1 aromatic carbocycles. The molecule has 0 heterocycles. The van der Waals surface area contributed by atoms with Gasteiger partial charge in [-0.25, -0.2) is 4.39 Å². The van der Waals surface area contributed by atoms with Crippen LogP contribution in [0.15, 0.2) is 16.6 Å². The summed E-state index contributed by atoms with van der Waals surface area (Å²) in [7, 11) is 0. The smallest absolute Gasteiger partial charge is 0.161 e. The summed E-state index contributed by atoms with van der Waals surface area (Å²) in [6.45, 7) is 5.22. The lowest BCUT2D eigenvalue weighted by atomic mass is 10.1. The van der Waals surface area contributed by atoms with Crippen molar-refractivity contribution in [1.82, 2.24) is 0 Å². The minimum absolute atomic E-state index is 0.123. The van der Waals surface area contributed by atoms with Crippen LogP contribution in [0.2, 0.25) is 0 Å². The summed E-state index contributed by atoms with van der Waals surface area (Å²) in [5, 5.41) is 7.45. The van der Waals surface area contributed by atoms with Crippen LogP contribution in [-0.2, 0) is 0 Å². The Hall–Kier alpha value is -1.10. The Balaban J connectivity index is 2.29. The van der Waals surface area contributed by atoms with Crippen molar-refractivity contribution in [3.05, 3.63) is 28.0 Å². The highest BCUT2D eigenvalue weighted by molar-refractivity contribution is 9.10. The van der Waals surface area contributed by atoms with Gasteiger partial charge in [0.05, 0.1) is 10.2 Å². The number of anilines is 1. The van der Waals surface area contributed by atoms with Gasteiger partial charge >= 0.3 is 0 Å². The third kappa shape index (κ3) is 3.32. The SMILES string of the molecule is CC(C)CCN(c1ccc(C(=N)N)c(Br)c1F)C1CC1. The molecule has 0 aromatic heterocycles. The van der Waals surface area contributed by atoms with Crippen LogP contribution in [-0.4, -0.2) is 18.4 Å². The Morgan fingerprint density at radius 1 is 1.50 bits per heavy atom. The third-order valence-corrected chi connectivity index (χ3v) is 4.37. The Kier molecular flexibility index (Phi) is 4.68. The number of nitrogen functional groups attached to an aromatic ring is 1. The molecule has 0 saturated heterocycles. The number of benzene rings is 1. The van der Waals surface area contributed by atoms with Gasteiger partial charge < -0.3 is 10.6 Å². The molecule has 2 rings (SSSR count). The highest BCUT2D eigenvalue weighted by Gasteiger charge is 2.31. The van der Waals surface area contributed by atoms with Crippen LogP contribution in [0.3, 0.4) is 0 Å². The van der Waals surface area contributed by atoms with Gasteiger partial charge in [0.2, 0.25) is 0 Å². The lowest BCUT2D eigenvalue weighted by molar-refractivity contribution is 0.557. The van der Waals surface area contributed by atoms with Crippen molar-refractivity contribution < 1.29 is 4.39 Å². The molecule has 0 amide bonds. The van der Waals surface area contributed by atoms with Gasteiger partial charge in [0.15, 0.2) is 5.82 Å². The van der Waals surface area contributed by atoms with E-state index in [0.29, 0.717) is 23.2 Å². The molecule has 1 saturated carbocycles. The van der Waals surface area contributed by atoms with Crippen molar-refractivity contribution in [2.24, 2.45) is 11.7 Å². The van der Waals surface area contributed by atoms with Crippen LogP contribution in [0.1, 0.15) is 38.7 Å². The number of nitrogens with two attached hydrogens (primary N) is 1. The van der Waals surface area contributed by atoms with E-state index in [1.165, 1.54) is 0 Å². The molecule has 0 unspecified atom stereocenters. The van der Waals surface area contributed by atoms with Gasteiger partial charge in [0, 0.05) is 18.2 Å². The minimum Gasteiger partial charge on any atom is -0.384 e. The Labute approximate surface area is 128 Å². The van der Waals surface area contributed by atoms with Gasteiger partial charge in [0.25, 0.3) is 0 Å². The molecule has 1 fully saturated rings. The molecule has 0 spiro atoms. The number of amidine groups is 1. The molecule has 0 atom stereocenters. The van der Waals surface area contributed by atoms with Crippen LogP contribution in [0.25, 0.3) is 0 Å². The van der Waals surface area contributed by atoms with Gasteiger partial charge in [-0.05, 0) is 53.2 Å². The quantitative estimate of drug-likeness (QED) is 0.609. The average molecular weight is 342 g/mol. The maximum absolute atomic E-state index is 14.5. The van der Waals surface area contributed by atoms with Crippen molar-refractivity contribution in [1.29, 1.82) is 5.41 Å². The second-order valence-corrected chi connectivity index (χ2v) is 6.57. The summed E-state index contributed by atoms with van der Waals surface area (Å²) in [4.78, 5) is 2.16. The van der Waals surface area contributed by atoms with E-state index in [1.807, 2.05) is 0 Å². The van der Waals surface area contributed by atoms with E-state index in [-0.39, 0.29) is 16.1 Å². The van der Waals surface area contributed by atoms with Crippen LogP contribution in [0.4, 0.5) is 10.1 Å². The van der Waals surface area contributed by atoms with Crippen molar-refractivity contribution in [2.75, 3.05) is 11.4 Å². The van der Waals surface area contributed by atoms with E-state index < -0.39 is 0 Å². The summed E-state index contributed by atoms with van der Waals surface area (Å²) in [5.41, 5.74) is 6.48. The highest BCUT2D eigenvalue weighted by atomic mass is 79.9. The molecule has 3 N–H and O–H groups in total. The van der Waals surface area contributed by atoms with Crippen LogP contribution in [0.5, 0.6) is 0 Å². The van der Waals surface area contributed by atoms with Gasteiger partial charge in [-0.2, -0.15) is 0 Å². The van der Waals surface area contributed by atoms with E-state index >= 15 is 0 Å². The standard InChI is InChI=1S/C15H21BrFN3/c1-9(2)7-8-20(10-3-4-10)12-6-5-11(15(18)19)13(16)14(12)17/h5-6,9-10H,3-4,7-8H2,1-2H3,(H3,18,19). The molecule has 0 radical (unpaired) electrons. The molecule has 20 heavy (non-hydrogen) atoms. The molecule has 0 bridgehead atoms. The normalized spacial score (nSPS) is 14.7. The first-order chi connectivity index (χ1) is 9.41. The summed E-state index contributed by atoms with van der Waals surface area (Å²) >= 11 is 3.23. The van der Waals surface area contributed by atoms with Gasteiger partial charge in [0.1, 0.15) is 5.84 Å². The summed E-state index contributed by atoms with van der Waals surface area (Å²) < 4.78 is 14.8. The average Bonchev–Trinajstić information content (AvgIpc) is 3.18. The van der Waals surface area contributed by atoms with Crippen LogP contribution < -0.4 is 10.6 Å². The van der Waals surface area contributed by atoms with Crippen LogP contribution >= 0.6 is 15.9 Å². The highest BCUT2D eigenvalue weighted by Crippen LogP contribution is 2.36. The zero-order valence-corrected chi connectivity index (χ0v) is 13.5. The van der Waals surface area contributed by atoms with Crippen LogP contribution in [0, 0.1) is 17.1 Å². The third-order valence-electron chi connectivity index (χ3n) is 3.60. The molecule has 1 aromatic rings. The fraction of sp³-hybridized carbons (Fsp3) is 0.533. The minimum atomic E-state index is -0.312. The monoisotopic (exact) mass is 341 g/mol. The first kappa shape index (κ1) is 15.3. The molecular formula is C15H21BrFN3. The molecule has 0 aliphatic heterocycles. The van der Waals surface area contributed by atoms with E-state index in [9.17, 15) is 4.39 Å². The van der Waals surface area contributed by atoms with Crippen molar-refractivity contribution >= 4 is 27.5 Å². The number of nitrogens with one attached hydrogen (secondary N) is 1. The fourth-order valence-electron chi connectivity index (χ4n) is 2.25. The Bertz CT molecular complexity index is 512. The Morgan fingerprint density at radius 2 is 2.15 bits per heavy atom. The molecular weight excluding hydrogens is 321 g/mol.